The van der Waals surface area contributed by atoms with Crippen LogP contribution in [-0.4, -0.2) is 29.7 Å². The molecule has 5 heteroatoms. The Balaban J connectivity index is 1.34. The zero-order chi connectivity index (χ0) is 19.3. The Hall–Kier alpha value is -2.53. The first-order chi connectivity index (χ1) is 13.7. The summed E-state index contributed by atoms with van der Waals surface area (Å²) < 4.78 is 0. The number of benzene rings is 2. The van der Waals surface area contributed by atoms with E-state index in [1.54, 1.807) is 0 Å². The molecule has 2 heterocycles. The fourth-order valence-corrected chi connectivity index (χ4v) is 4.41. The molecule has 1 aromatic heterocycles. The van der Waals surface area contributed by atoms with Crippen molar-refractivity contribution in [1.82, 2.24) is 4.98 Å². The highest BCUT2D eigenvalue weighted by atomic mass is 32.2. The maximum absolute atomic E-state index is 12.4. The predicted octanol–water partition coefficient (Wildman–Crippen LogP) is 5.26. The summed E-state index contributed by atoms with van der Waals surface area (Å²) in [5.74, 6) is 0.335. The number of anilines is 2. The lowest BCUT2D eigenvalue weighted by Crippen LogP contribution is -2.29. The summed E-state index contributed by atoms with van der Waals surface area (Å²) in [7, 11) is 0. The van der Waals surface area contributed by atoms with Crippen molar-refractivity contribution in [3.05, 3.63) is 60.2 Å². The average molecular weight is 392 g/mol. The van der Waals surface area contributed by atoms with Gasteiger partial charge in [-0.15, -0.1) is 0 Å². The summed E-state index contributed by atoms with van der Waals surface area (Å²) in [6.07, 6.45) is 3.85. The van der Waals surface area contributed by atoms with Gasteiger partial charge in [0.2, 0.25) is 5.91 Å². The maximum Gasteiger partial charge on any atom is 0.234 e. The van der Waals surface area contributed by atoms with Gasteiger partial charge in [-0.1, -0.05) is 30.0 Å². The van der Waals surface area contributed by atoms with E-state index in [9.17, 15) is 4.79 Å². The van der Waals surface area contributed by atoms with Crippen LogP contribution in [0.1, 0.15) is 24.8 Å². The lowest BCUT2D eigenvalue weighted by atomic mass is 10.1. The zero-order valence-corrected chi connectivity index (χ0v) is 17.0. The molecule has 28 heavy (non-hydrogen) atoms. The number of carbonyl (C=O) groups is 1. The Bertz CT molecular complexity index is 965. The molecule has 0 atom stereocenters. The Morgan fingerprint density at radius 1 is 1.07 bits per heavy atom. The summed E-state index contributed by atoms with van der Waals surface area (Å²) >= 11 is 1.47. The largest absolute Gasteiger partial charge is 0.372 e. The average Bonchev–Trinajstić information content (AvgIpc) is 2.73. The van der Waals surface area contributed by atoms with Crippen LogP contribution in [0.15, 0.2) is 59.6 Å². The van der Waals surface area contributed by atoms with E-state index in [-0.39, 0.29) is 5.91 Å². The van der Waals surface area contributed by atoms with Crippen LogP contribution < -0.4 is 10.2 Å². The van der Waals surface area contributed by atoms with E-state index in [4.69, 9.17) is 0 Å². The minimum Gasteiger partial charge on any atom is -0.372 e. The highest BCUT2D eigenvalue weighted by Crippen LogP contribution is 2.24. The van der Waals surface area contributed by atoms with Crippen molar-refractivity contribution in [1.29, 1.82) is 0 Å². The Labute approximate surface area is 170 Å². The SMILES string of the molecule is Cc1cc(SCC(=O)Nc2ccc(N3CCCCC3)cc2)nc2ccccc12. The molecule has 3 aromatic rings. The number of para-hydroxylation sites is 1. The highest BCUT2D eigenvalue weighted by Gasteiger charge is 2.11. The lowest BCUT2D eigenvalue weighted by molar-refractivity contribution is -0.113. The van der Waals surface area contributed by atoms with Crippen LogP contribution in [0.3, 0.4) is 0 Å². The smallest absolute Gasteiger partial charge is 0.234 e. The van der Waals surface area contributed by atoms with Crippen molar-refractivity contribution in [2.24, 2.45) is 0 Å². The van der Waals surface area contributed by atoms with Crippen molar-refractivity contribution in [3.8, 4) is 0 Å². The number of amides is 1. The quantitative estimate of drug-likeness (QED) is 0.602. The van der Waals surface area contributed by atoms with Gasteiger partial charge >= 0.3 is 0 Å². The molecule has 1 aliphatic heterocycles. The van der Waals surface area contributed by atoms with E-state index >= 15 is 0 Å². The van der Waals surface area contributed by atoms with E-state index in [2.05, 4.69) is 40.3 Å². The summed E-state index contributed by atoms with van der Waals surface area (Å²) in [4.78, 5) is 19.4. The summed E-state index contributed by atoms with van der Waals surface area (Å²) in [6, 6.07) is 18.3. The molecule has 4 nitrogen and oxygen atoms in total. The Morgan fingerprint density at radius 2 is 1.82 bits per heavy atom. The standard InChI is InChI=1S/C23H25N3OS/c1-17-15-23(25-21-8-4-3-7-20(17)21)28-16-22(27)24-18-9-11-19(12-10-18)26-13-5-2-6-14-26/h3-4,7-12,15H,2,5-6,13-14,16H2,1H3,(H,24,27). The molecule has 144 valence electrons. The Morgan fingerprint density at radius 3 is 2.61 bits per heavy atom. The third-order valence-electron chi connectivity index (χ3n) is 5.12. The number of pyridine rings is 1. The molecule has 0 spiro atoms. The van der Waals surface area contributed by atoms with E-state index in [1.807, 2.05) is 36.4 Å². The Kier molecular flexibility index (Phi) is 5.81. The van der Waals surface area contributed by atoms with Crippen molar-refractivity contribution in [3.63, 3.8) is 0 Å². The van der Waals surface area contributed by atoms with E-state index < -0.39 is 0 Å². The first-order valence-electron chi connectivity index (χ1n) is 9.83. The topological polar surface area (TPSA) is 45.2 Å². The van der Waals surface area contributed by atoms with Gasteiger partial charge in [-0.05, 0) is 68.1 Å². The number of piperidine rings is 1. The number of carbonyl (C=O) groups excluding carboxylic acids is 1. The second-order valence-electron chi connectivity index (χ2n) is 7.23. The minimum atomic E-state index is -0.0108. The van der Waals surface area contributed by atoms with Crippen LogP contribution in [0.4, 0.5) is 11.4 Å². The molecule has 2 aromatic carbocycles. The molecule has 1 fully saturated rings. The fraction of sp³-hybridized carbons (Fsp3) is 0.304. The van der Waals surface area contributed by atoms with Crippen molar-refractivity contribution >= 4 is 39.9 Å². The summed E-state index contributed by atoms with van der Waals surface area (Å²) in [6.45, 7) is 4.33. The van der Waals surface area contributed by atoms with Crippen LogP contribution in [0.25, 0.3) is 10.9 Å². The first kappa shape index (κ1) is 18.8. The number of aromatic nitrogens is 1. The molecule has 0 bridgehead atoms. The van der Waals surface area contributed by atoms with Gasteiger partial charge < -0.3 is 10.2 Å². The van der Waals surface area contributed by atoms with Gasteiger partial charge in [0.1, 0.15) is 0 Å². The van der Waals surface area contributed by atoms with Crippen LogP contribution in [0.2, 0.25) is 0 Å². The van der Waals surface area contributed by atoms with Crippen LogP contribution in [-0.2, 0) is 4.79 Å². The van der Waals surface area contributed by atoms with Crippen LogP contribution in [0.5, 0.6) is 0 Å². The maximum atomic E-state index is 12.4. The van der Waals surface area contributed by atoms with Gasteiger partial charge in [-0.2, -0.15) is 0 Å². The predicted molar refractivity (Wildman–Crippen MR) is 118 cm³/mol. The number of fused-ring (bicyclic) bond motifs is 1. The number of thioether (sulfide) groups is 1. The number of hydrogen-bond acceptors (Lipinski definition) is 4. The minimum absolute atomic E-state index is 0.0108. The molecule has 0 unspecified atom stereocenters. The molecule has 0 aliphatic carbocycles. The van der Waals surface area contributed by atoms with Crippen LogP contribution >= 0.6 is 11.8 Å². The molecular weight excluding hydrogens is 366 g/mol. The molecule has 1 saturated heterocycles. The molecule has 0 saturated carbocycles. The fourth-order valence-electron chi connectivity index (χ4n) is 3.64. The summed E-state index contributed by atoms with van der Waals surface area (Å²) in [5, 5.41) is 5.03. The van der Waals surface area contributed by atoms with E-state index in [0.717, 1.165) is 34.7 Å². The molecule has 1 N–H and O–H groups in total. The first-order valence-corrected chi connectivity index (χ1v) is 10.8. The van der Waals surface area contributed by atoms with Crippen molar-refractivity contribution in [2.45, 2.75) is 31.2 Å². The number of nitrogens with zero attached hydrogens (tertiary/aromatic N) is 2. The molecule has 0 radical (unpaired) electrons. The van der Waals surface area contributed by atoms with E-state index in [1.165, 1.54) is 42.3 Å². The van der Waals surface area contributed by atoms with Crippen LogP contribution in [0, 0.1) is 6.92 Å². The van der Waals surface area contributed by atoms with Gasteiger partial charge in [-0.3, -0.25) is 4.79 Å². The van der Waals surface area contributed by atoms with Gasteiger partial charge in [0.05, 0.1) is 16.3 Å². The second-order valence-corrected chi connectivity index (χ2v) is 8.22. The summed E-state index contributed by atoms with van der Waals surface area (Å²) in [5.41, 5.74) is 4.23. The van der Waals surface area contributed by atoms with Crippen molar-refractivity contribution in [2.75, 3.05) is 29.1 Å². The second kappa shape index (κ2) is 8.65. The zero-order valence-electron chi connectivity index (χ0n) is 16.1. The third kappa shape index (κ3) is 4.47. The highest BCUT2D eigenvalue weighted by molar-refractivity contribution is 7.99. The van der Waals surface area contributed by atoms with Gasteiger partial charge in [0, 0.05) is 29.9 Å². The normalized spacial score (nSPS) is 14.2. The third-order valence-corrected chi connectivity index (χ3v) is 6.03. The number of rotatable bonds is 5. The molecule has 1 amide bonds. The number of aryl methyl sites for hydroxylation is 1. The molecule has 1 aliphatic rings. The van der Waals surface area contributed by atoms with Gasteiger partial charge in [0.15, 0.2) is 0 Å². The monoisotopic (exact) mass is 391 g/mol. The number of nitrogens with one attached hydrogen (secondary N) is 1. The van der Waals surface area contributed by atoms with Gasteiger partial charge in [0.25, 0.3) is 0 Å². The van der Waals surface area contributed by atoms with E-state index in [0.29, 0.717) is 5.75 Å². The molecule has 4 rings (SSSR count). The van der Waals surface area contributed by atoms with Gasteiger partial charge in [-0.25, -0.2) is 4.98 Å². The lowest BCUT2D eigenvalue weighted by Gasteiger charge is -2.28. The molecular formula is C23H25N3OS. The number of hydrogen-bond donors (Lipinski definition) is 1. The van der Waals surface area contributed by atoms with Crippen molar-refractivity contribution < 1.29 is 4.79 Å².